The first-order valence-electron chi connectivity index (χ1n) is 5.61. The molecule has 0 fully saturated rings. The molecule has 0 aliphatic heterocycles. The molecule has 0 saturated carbocycles. The van der Waals surface area contributed by atoms with Crippen molar-refractivity contribution in [2.45, 2.75) is 26.7 Å². The Bertz CT molecular complexity index is 430. The van der Waals surface area contributed by atoms with Gasteiger partial charge in [-0.15, -0.1) is 0 Å². The predicted molar refractivity (Wildman–Crippen MR) is 69.9 cm³/mol. The third-order valence-electron chi connectivity index (χ3n) is 1.95. The molecule has 98 valence electrons. The first-order chi connectivity index (χ1) is 8.07. The van der Waals surface area contributed by atoms with Crippen LogP contribution in [0.3, 0.4) is 0 Å². The molecule has 1 aromatic rings. The Balaban J connectivity index is 2.35. The molecule has 0 amide bonds. The molecule has 2 N–H and O–H groups in total. The molecule has 0 radical (unpaired) electrons. The van der Waals surface area contributed by atoms with Crippen LogP contribution in [0, 0.1) is 0 Å². The molecule has 6 nitrogen and oxygen atoms in total. The van der Waals surface area contributed by atoms with Crippen LogP contribution in [0.5, 0.6) is 0 Å². The number of sulfonamides is 1. The zero-order valence-corrected chi connectivity index (χ0v) is 11.7. The lowest BCUT2D eigenvalue weighted by molar-refractivity contribution is 0.584. The molecule has 0 aliphatic rings. The van der Waals surface area contributed by atoms with Crippen LogP contribution in [-0.2, 0) is 16.4 Å². The van der Waals surface area contributed by atoms with Crippen LogP contribution in [0.4, 0.5) is 5.13 Å². The van der Waals surface area contributed by atoms with Crippen molar-refractivity contribution in [2.75, 3.05) is 24.2 Å². The Morgan fingerprint density at radius 3 is 2.76 bits per heavy atom. The molecule has 0 aliphatic carbocycles. The summed E-state index contributed by atoms with van der Waals surface area (Å²) in [5.74, 6) is 0.860. The van der Waals surface area contributed by atoms with E-state index in [9.17, 15) is 8.42 Å². The van der Waals surface area contributed by atoms with Crippen molar-refractivity contribution in [2.24, 2.45) is 0 Å². The van der Waals surface area contributed by atoms with Crippen molar-refractivity contribution < 1.29 is 8.42 Å². The van der Waals surface area contributed by atoms with E-state index in [-0.39, 0.29) is 5.75 Å². The highest BCUT2D eigenvalue weighted by Crippen LogP contribution is 2.11. The number of anilines is 1. The molecule has 8 heteroatoms. The topological polar surface area (TPSA) is 84.0 Å². The first kappa shape index (κ1) is 14.3. The molecular weight excluding hydrogens is 260 g/mol. The molecule has 0 unspecified atom stereocenters. The average Bonchev–Trinajstić information content (AvgIpc) is 2.66. The smallest absolute Gasteiger partial charge is 0.213 e. The van der Waals surface area contributed by atoms with Crippen LogP contribution in [0.2, 0.25) is 0 Å². The third-order valence-corrected chi connectivity index (χ3v) is 4.13. The van der Waals surface area contributed by atoms with Crippen LogP contribution in [0.15, 0.2) is 0 Å². The van der Waals surface area contributed by atoms with Gasteiger partial charge in [0.2, 0.25) is 15.2 Å². The minimum atomic E-state index is -3.16. The Hall–Kier alpha value is -0.730. The van der Waals surface area contributed by atoms with Gasteiger partial charge in [-0.05, 0) is 6.42 Å². The Morgan fingerprint density at radius 2 is 2.12 bits per heavy atom. The van der Waals surface area contributed by atoms with Crippen molar-refractivity contribution in [1.82, 2.24) is 14.1 Å². The SMILES string of the molecule is CCCc1nsc(NCCS(=O)(=O)NCC)n1. The summed E-state index contributed by atoms with van der Waals surface area (Å²) >= 11 is 1.27. The average molecular weight is 278 g/mol. The number of hydrogen-bond donors (Lipinski definition) is 2. The molecule has 1 rings (SSSR count). The van der Waals surface area contributed by atoms with Crippen LogP contribution >= 0.6 is 11.5 Å². The number of aryl methyl sites for hydroxylation is 1. The number of nitrogens with one attached hydrogen (secondary N) is 2. The zero-order chi connectivity index (χ0) is 12.7. The summed E-state index contributed by atoms with van der Waals surface area (Å²) in [4.78, 5) is 4.25. The van der Waals surface area contributed by atoms with E-state index in [4.69, 9.17) is 0 Å². The quantitative estimate of drug-likeness (QED) is 0.736. The second-order valence-electron chi connectivity index (χ2n) is 3.51. The summed E-state index contributed by atoms with van der Waals surface area (Å²) in [6.07, 6.45) is 1.86. The summed E-state index contributed by atoms with van der Waals surface area (Å²) < 4.78 is 29.3. The summed E-state index contributed by atoms with van der Waals surface area (Å²) in [5, 5.41) is 3.64. The number of nitrogens with zero attached hydrogens (tertiary/aromatic N) is 2. The van der Waals surface area contributed by atoms with E-state index < -0.39 is 10.0 Å². The monoisotopic (exact) mass is 278 g/mol. The highest BCUT2D eigenvalue weighted by molar-refractivity contribution is 7.89. The van der Waals surface area contributed by atoms with Gasteiger partial charge < -0.3 is 5.32 Å². The predicted octanol–water partition coefficient (Wildman–Crippen LogP) is 0.842. The third kappa shape index (κ3) is 5.42. The van der Waals surface area contributed by atoms with Gasteiger partial charge in [0.1, 0.15) is 5.82 Å². The van der Waals surface area contributed by atoms with E-state index in [1.54, 1.807) is 6.92 Å². The van der Waals surface area contributed by atoms with E-state index in [1.165, 1.54) is 11.5 Å². The van der Waals surface area contributed by atoms with Gasteiger partial charge in [-0.3, -0.25) is 0 Å². The molecular formula is C9H18N4O2S2. The minimum Gasteiger partial charge on any atom is -0.359 e. The fraction of sp³-hybridized carbons (Fsp3) is 0.778. The molecule has 1 heterocycles. The number of hydrogen-bond acceptors (Lipinski definition) is 6. The molecule has 0 atom stereocenters. The highest BCUT2D eigenvalue weighted by Gasteiger charge is 2.08. The van der Waals surface area contributed by atoms with Crippen LogP contribution in [0.1, 0.15) is 26.1 Å². The first-order valence-corrected chi connectivity index (χ1v) is 8.03. The van der Waals surface area contributed by atoms with Crippen molar-refractivity contribution in [1.29, 1.82) is 0 Å². The van der Waals surface area contributed by atoms with Gasteiger partial charge in [-0.1, -0.05) is 13.8 Å². The summed E-state index contributed by atoms with van der Waals surface area (Å²) in [5.41, 5.74) is 0. The lowest BCUT2D eigenvalue weighted by Crippen LogP contribution is -2.29. The Labute approximate surface area is 106 Å². The molecule has 0 aromatic carbocycles. The minimum absolute atomic E-state index is 0.0452. The molecule has 1 aromatic heterocycles. The van der Waals surface area contributed by atoms with Crippen LogP contribution in [-0.4, -0.2) is 36.6 Å². The normalized spacial score (nSPS) is 11.6. The van der Waals surface area contributed by atoms with Crippen LogP contribution < -0.4 is 10.0 Å². The molecule has 0 bridgehead atoms. The number of rotatable bonds is 8. The zero-order valence-electron chi connectivity index (χ0n) is 10.1. The van der Waals surface area contributed by atoms with Gasteiger partial charge in [0.25, 0.3) is 0 Å². The maximum absolute atomic E-state index is 11.3. The molecule has 17 heavy (non-hydrogen) atoms. The van der Waals surface area contributed by atoms with E-state index in [1.807, 2.05) is 0 Å². The standard InChI is InChI=1S/C9H18N4O2S2/c1-3-5-8-12-9(16-13-8)10-6-7-17(14,15)11-4-2/h11H,3-7H2,1-2H3,(H,10,12,13). The van der Waals surface area contributed by atoms with E-state index in [0.29, 0.717) is 18.2 Å². The van der Waals surface area contributed by atoms with E-state index in [2.05, 4.69) is 26.3 Å². The van der Waals surface area contributed by atoms with Crippen LogP contribution in [0.25, 0.3) is 0 Å². The summed E-state index contributed by atoms with van der Waals surface area (Å²) in [6.45, 7) is 4.59. The maximum atomic E-state index is 11.3. The second-order valence-corrected chi connectivity index (χ2v) is 6.19. The van der Waals surface area contributed by atoms with E-state index in [0.717, 1.165) is 18.7 Å². The van der Waals surface area contributed by atoms with E-state index >= 15 is 0 Å². The Kier molecular flexibility index (Phi) is 5.79. The van der Waals surface area contributed by atoms with Crippen molar-refractivity contribution in [3.05, 3.63) is 5.82 Å². The van der Waals surface area contributed by atoms with Gasteiger partial charge in [-0.25, -0.2) is 18.1 Å². The molecule has 0 saturated heterocycles. The molecule has 0 spiro atoms. The van der Waals surface area contributed by atoms with Gasteiger partial charge in [0.15, 0.2) is 0 Å². The van der Waals surface area contributed by atoms with Gasteiger partial charge >= 0.3 is 0 Å². The highest BCUT2D eigenvalue weighted by atomic mass is 32.2. The lowest BCUT2D eigenvalue weighted by atomic mass is 10.3. The lowest BCUT2D eigenvalue weighted by Gasteiger charge is -2.04. The van der Waals surface area contributed by atoms with Crippen molar-refractivity contribution >= 4 is 26.7 Å². The second kappa shape index (κ2) is 6.87. The van der Waals surface area contributed by atoms with Crippen molar-refractivity contribution in [3.63, 3.8) is 0 Å². The number of aromatic nitrogens is 2. The maximum Gasteiger partial charge on any atom is 0.213 e. The fourth-order valence-electron chi connectivity index (χ4n) is 1.24. The Morgan fingerprint density at radius 1 is 1.35 bits per heavy atom. The van der Waals surface area contributed by atoms with Crippen molar-refractivity contribution in [3.8, 4) is 0 Å². The largest absolute Gasteiger partial charge is 0.359 e. The fourth-order valence-corrected chi connectivity index (χ4v) is 2.83. The van der Waals surface area contributed by atoms with Gasteiger partial charge in [0, 0.05) is 31.0 Å². The summed E-state index contributed by atoms with van der Waals surface area (Å²) in [6, 6.07) is 0. The van der Waals surface area contributed by atoms with Gasteiger partial charge in [0.05, 0.1) is 5.75 Å². The summed E-state index contributed by atoms with van der Waals surface area (Å²) in [7, 11) is -3.16. The van der Waals surface area contributed by atoms with Gasteiger partial charge in [-0.2, -0.15) is 4.37 Å².